The largest absolute Gasteiger partial charge is 0.333 e. The molecular weight excluding hydrogens is 481 g/mol. The first-order valence-corrected chi connectivity index (χ1v) is 12.6. The number of benzene rings is 2. The van der Waals surface area contributed by atoms with Gasteiger partial charge in [0, 0.05) is 48.0 Å². The molecule has 0 bridgehead atoms. The molecule has 2 N–H and O–H groups in total. The molecule has 4 aromatic rings. The van der Waals surface area contributed by atoms with Crippen LogP contribution in [0.1, 0.15) is 23.8 Å². The zero-order chi connectivity index (χ0) is 26.5. The number of amides is 2. The van der Waals surface area contributed by atoms with Crippen LogP contribution in [0.4, 0.5) is 26.5 Å². The number of halogens is 1. The molecule has 8 nitrogen and oxygen atoms in total. The van der Waals surface area contributed by atoms with E-state index in [0.29, 0.717) is 22.6 Å². The number of likely N-dealkylation sites (N-methyl/N-ethyl adjacent to an activating group) is 1. The van der Waals surface area contributed by atoms with Crippen LogP contribution >= 0.6 is 0 Å². The minimum Gasteiger partial charge on any atom is -0.315 e. The van der Waals surface area contributed by atoms with E-state index in [4.69, 9.17) is 0 Å². The molecule has 3 heterocycles. The van der Waals surface area contributed by atoms with E-state index in [1.54, 1.807) is 60.9 Å². The number of pyridine rings is 1. The Kier molecular flexibility index (Phi) is 7.67. The number of nitrogens with zero attached hydrogens (tertiary/aromatic N) is 5. The molecule has 9 heteroatoms. The highest BCUT2D eigenvalue weighted by Crippen LogP contribution is 2.29. The fraction of sp³-hybridized carbons (Fsp3) is 0.241. The predicted octanol–water partition coefficient (Wildman–Crippen LogP) is 5.48. The lowest BCUT2D eigenvalue weighted by molar-refractivity contribution is 0.0744. The lowest BCUT2D eigenvalue weighted by Crippen LogP contribution is -2.35. The molecule has 2 unspecified atom stereocenters. The van der Waals surface area contributed by atoms with Crippen LogP contribution in [-0.2, 0) is 0 Å². The number of aryl methyl sites for hydroxylation is 1. The van der Waals surface area contributed by atoms with Gasteiger partial charge in [0.15, 0.2) is 6.30 Å². The number of carbonyl (C=O) groups is 1. The van der Waals surface area contributed by atoms with E-state index in [1.807, 2.05) is 43.3 Å². The smallest absolute Gasteiger partial charge is 0.315 e. The summed E-state index contributed by atoms with van der Waals surface area (Å²) in [6, 6.07) is 19.6. The molecule has 2 amide bonds. The molecule has 5 rings (SSSR count). The number of anilines is 3. The van der Waals surface area contributed by atoms with Crippen molar-refractivity contribution in [3.63, 3.8) is 0 Å². The van der Waals surface area contributed by atoms with Crippen molar-refractivity contribution in [1.29, 1.82) is 0 Å². The molecule has 38 heavy (non-hydrogen) atoms. The second kappa shape index (κ2) is 11.5. The second-order valence-electron chi connectivity index (χ2n) is 9.31. The van der Waals surface area contributed by atoms with Crippen LogP contribution < -0.4 is 15.5 Å². The fourth-order valence-corrected chi connectivity index (χ4v) is 4.57. The number of nitrogens with one attached hydrogen (secondary N) is 2. The number of hydrogen-bond acceptors (Lipinski definition) is 6. The van der Waals surface area contributed by atoms with Crippen LogP contribution in [-0.4, -0.2) is 52.1 Å². The van der Waals surface area contributed by atoms with Crippen LogP contribution in [0.3, 0.4) is 0 Å². The molecule has 1 aliphatic heterocycles. The van der Waals surface area contributed by atoms with Crippen molar-refractivity contribution in [1.82, 2.24) is 25.2 Å². The van der Waals surface area contributed by atoms with Gasteiger partial charge in [-0.2, -0.15) is 0 Å². The van der Waals surface area contributed by atoms with Crippen molar-refractivity contribution in [3.05, 3.63) is 96.4 Å². The summed E-state index contributed by atoms with van der Waals surface area (Å²) in [5.41, 5.74) is 4.09. The third-order valence-electron chi connectivity index (χ3n) is 6.76. The van der Waals surface area contributed by atoms with Crippen molar-refractivity contribution in [3.8, 4) is 11.3 Å². The number of hydrogen-bond donors (Lipinski definition) is 2. The Bertz CT molecular complexity index is 1380. The van der Waals surface area contributed by atoms with Crippen molar-refractivity contribution in [2.24, 2.45) is 0 Å². The van der Waals surface area contributed by atoms with Gasteiger partial charge in [-0.25, -0.2) is 24.1 Å². The van der Waals surface area contributed by atoms with Crippen LogP contribution in [0.15, 0.2) is 85.3 Å². The SMILES string of the molecule is Cc1ccccc1N(C(=O)Nc1ccc(C(F)N(C)C2CCNC2)cc1)c1nccc(-c2cccnc2)n1. The molecule has 2 aromatic heterocycles. The predicted molar refractivity (Wildman–Crippen MR) is 147 cm³/mol. The van der Waals surface area contributed by atoms with Gasteiger partial charge in [-0.3, -0.25) is 9.88 Å². The minimum absolute atomic E-state index is 0.162. The number of aromatic nitrogens is 3. The molecule has 0 spiro atoms. The third-order valence-corrected chi connectivity index (χ3v) is 6.76. The van der Waals surface area contributed by atoms with Crippen molar-refractivity contribution < 1.29 is 9.18 Å². The number of carbonyl (C=O) groups excluding carboxylic acids is 1. The average molecular weight is 512 g/mol. The maximum atomic E-state index is 15.1. The van der Waals surface area contributed by atoms with Gasteiger partial charge in [-0.1, -0.05) is 30.3 Å². The van der Waals surface area contributed by atoms with E-state index in [1.165, 1.54) is 4.90 Å². The van der Waals surface area contributed by atoms with Crippen LogP contribution in [0.2, 0.25) is 0 Å². The molecule has 1 saturated heterocycles. The van der Waals surface area contributed by atoms with Crippen molar-refractivity contribution >= 4 is 23.4 Å². The van der Waals surface area contributed by atoms with Gasteiger partial charge in [0.05, 0.1) is 11.4 Å². The number of alkyl halides is 1. The van der Waals surface area contributed by atoms with E-state index in [9.17, 15) is 4.79 Å². The van der Waals surface area contributed by atoms with Crippen LogP contribution in [0, 0.1) is 6.92 Å². The van der Waals surface area contributed by atoms with E-state index in [2.05, 4.69) is 25.6 Å². The molecule has 0 radical (unpaired) electrons. The minimum atomic E-state index is -1.23. The molecule has 2 aromatic carbocycles. The van der Waals surface area contributed by atoms with Crippen molar-refractivity contribution in [2.45, 2.75) is 25.7 Å². The molecule has 0 aliphatic carbocycles. The Morgan fingerprint density at radius 2 is 1.89 bits per heavy atom. The monoisotopic (exact) mass is 511 g/mol. The Balaban J connectivity index is 1.40. The number of urea groups is 1. The topological polar surface area (TPSA) is 86.3 Å². The first-order chi connectivity index (χ1) is 18.5. The van der Waals surface area contributed by atoms with E-state index >= 15 is 4.39 Å². The maximum Gasteiger partial charge on any atom is 0.333 e. The Morgan fingerprint density at radius 1 is 1.08 bits per heavy atom. The highest BCUT2D eigenvalue weighted by Gasteiger charge is 2.27. The molecule has 194 valence electrons. The summed E-state index contributed by atoms with van der Waals surface area (Å²) >= 11 is 0. The van der Waals surface area contributed by atoms with Gasteiger partial charge >= 0.3 is 6.03 Å². The maximum absolute atomic E-state index is 15.1. The van der Waals surface area contributed by atoms with E-state index in [-0.39, 0.29) is 12.0 Å². The first kappa shape index (κ1) is 25.4. The van der Waals surface area contributed by atoms with Gasteiger partial charge in [0.1, 0.15) is 0 Å². The molecule has 1 fully saturated rings. The molecular formula is C29H30FN7O. The number of rotatable bonds is 7. The lowest BCUT2D eigenvalue weighted by Gasteiger charge is -2.27. The van der Waals surface area contributed by atoms with E-state index in [0.717, 1.165) is 30.6 Å². The third kappa shape index (κ3) is 5.53. The quantitative estimate of drug-likeness (QED) is 0.320. The summed E-state index contributed by atoms with van der Waals surface area (Å²) in [4.78, 5) is 30.1. The zero-order valence-corrected chi connectivity index (χ0v) is 21.4. The van der Waals surface area contributed by atoms with Gasteiger partial charge in [0.25, 0.3) is 0 Å². The summed E-state index contributed by atoms with van der Waals surface area (Å²) in [5, 5.41) is 6.20. The normalized spacial score (nSPS) is 15.8. The van der Waals surface area contributed by atoms with Gasteiger partial charge in [0.2, 0.25) is 5.95 Å². The average Bonchev–Trinajstić information content (AvgIpc) is 3.50. The Labute approximate surface area is 221 Å². The second-order valence-corrected chi connectivity index (χ2v) is 9.31. The Morgan fingerprint density at radius 3 is 2.61 bits per heavy atom. The first-order valence-electron chi connectivity index (χ1n) is 12.6. The van der Waals surface area contributed by atoms with Crippen LogP contribution in [0.5, 0.6) is 0 Å². The summed E-state index contributed by atoms with van der Waals surface area (Å²) < 4.78 is 15.1. The molecule has 2 atom stereocenters. The van der Waals surface area contributed by atoms with E-state index < -0.39 is 12.3 Å². The molecule has 1 aliphatic rings. The highest BCUT2D eigenvalue weighted by molar-refractivity contribution is 6.06. The molecule has 0 saturated carbocycles. The van der Waals surface area contributed by atoms with Gasteiger partial charge < -0.3 is 10.6 Å². The van der Waals surface area contributed by atoms with Gasteiger partial charge in [-0.15, -0.1) is 0 Å². The van der Waals surface area contributed by atoms with Gasteiger partial charge in [-0.05, 0) is 68.9 Å². The van der Waals surface area contributed by atoms with Crippen molar-refractivity contribution in [2.75, 3.05) is 30.4 Å². The summed E-state index contributed by atoms with van der Waals surface area (Å²) in [6.07, 6.45) is 4.72. The lowest BCUT2D eigenvalue weighted by atomic mass is 10.1. The summed E-state index contributed by atoms with van der Waals surface area (Å²) in [6.45, 7) is 3.61. The zero-order valence-electron chi connectivity index (χ0n) is 21.4. The standard InChI is InChI=1S/C29H30FN7O/c1-20-6-3-4-8-26(20)37(28-33-17-14-25(35-28)22-7-5-15-31-18-22)29(38)34-23-11-9-21(10-12-23)27(30)36(2)24-13-16-32-19-24/h3-12,14-15,17-18,24,27,32H,13,16,19H2,1-2H3,(H,34,38). The van der Waals surface area contributed by atoms with Crippen LogP contribution in [0.25, 0.3) is 11.3 Å². The fourth-order valence-electron chi connectivity index (χ4n) is 4.57. The number of para-hydroxylation sites is 1. The summed E-state index contributed by atoms with van der Waals surface area (Å²) in [5.74, 6) is 0.227. The summed E-state index contributed by atoms with van der Waals surface area (Å²) in [7, 11) is 1.80. The highest BCUT2D eigenvalue weighted by atomic mass is 19.1. The Hall–Kier alpha value is -4.21.